The molecule has 0 aliphatic carbocycles. The van der Waals surface area contributed by atoms with Gasteiger partial charge in [0.25, 0.3) is 0 Å². The number of aromatic nitrogens is 2. The first-order chi connectivity index (χ1) is 11.8. The van der Waals surface area contributed by atoms with Crippen LogP contribution in [0.5, 0.6) is 0 Å². The molecule has 8 heteroatoms. The number of benzene rings is 1. The number of aryl methyl sites for hydroxylation is 1. The number of nitrogens with zero attached hydrogens (tertiary/aromatic N) is 2. The van der Waals surface area contributed by atoms with Crippen molar-refractivity contribution >= 4 is 20.8 Å². The zero-order chi connectivity index (χ0) is 18.0. The number of rotatable bonds is 7. The first kappa shape index (κ1) is 17.7. The van der Waals surface area contributed by atoms with Gasteiger partial charge in [0.15, 0.2) is 9.84 Å². The Balaban J connectivity index is 1.51. The molecule has 0 radical (unpaired) electrons. The van der Waals surface area contributed by atoms with Crippen LogP contribution in [0.25, 0.3) is 11.0 Å². The number of aliphatic hydroxyl groups excluding tert-OH is 1. The van der Waals surface area contributed by atoms with E-state index in [4.69, 9.17) is 4.42 Å². The highest BCUT2D eigenvalue weighted by Crippen LogP contribution is 2.20. The highest BCUT2D eigenvalue weighted by atomic mass is 32.2. The lowest BCUT2D eigenvalue weighted by molar-refractivity contribution is 0.146. The summed E-state index contributed by atoms with van der Waals surface area (Å²) in [7, 11) is -3.28. The van der Waals surface area contributed by atoms with Gasteiger partial charge in [-0.15, -0.1) is 0 Å². The van der Waals surface area contributed by atoms with E-state index in [1.165, 1.54) is 22.6 Å². The van der Waals surface area contributed by atoms with Gasteiger partial charge in [-0.25, -0.2) is 8.42 Å². The van der Waals surface area contributed by atoms with Gasteiger partial charge in [-0.3, -0.25) is 4.68 Å². The Kier molecular flexibility index (Phi) is 4.94. The number of nitrogens with one attached hydrogen (secondary N) is 1. The second-order valence-corrected chi connectivity index (χ2v) is 8.22. The first-order valence-corrected chi connectivity index (χ1v) is 9.81. The molecular weight excluding hydrogens is 342 g/mol. The molecule has 0 aliphatic heterocycles. The number of furan rings is 1. The minimum absolute atomic E-state index is 0.144. The molecule has 0 saturated carbocycles. The SMILES string of the molecule is Cc1ccc2oc(CNCC(O)Cn3cc(S(C)(=O)=O)cn3)cc2c1. The highest BCUT2D eigenvalue weighted by molar-refractivity contribution is 7.90. The number of hydrogen-bond donors (Lipinski definition) is 2. The van der Waals surface area contributed by atoms with Gasteiger partial charge < -0.3 is 14.8 Å². The lowest BCUT2D eigenvalue weighted by Gasteiger charge is -2.11. The number of aliphatic hydroxyl groups is 1. The van der Waals surface area contributed by atoms with Crippen LogP contribution in [0.1, 0.15) is 11.3 Å². The van der Waals surface area contributed by atoms with Crippen molar-refractivity contribution in [2.24, 2.45) is 0 Å². The van der Waals surface area contributed by atoms with Crippen molar-refractivity contribution in [2.45, 2.75) is 31.0 Å². The van der Waals surface area contributed by atoms with Crippen LogP contribution in [0.2, 0.25) is 0 Å². The van der Waals surface area contributed by atoms with Gasteiger partial charge in [0.2, 0.25) is 0 Å². The molecule has 0 spiro atoms. The molecule has 2 N–H and O–H groups in total. The third kappa shape index (κ3) is 4.47. The van der Waals surface area contributed by atoms with Crippen molar-refractivity contribution in [1.29, 1.82) is 0 Å². The van der Waals surface area contributed by atoms with Crippen molar-refractivity contribution in [2.75, 3.05) is 12.8 Å². The molecule has 1 unspecified atom stereocenters. The van der Waals surface area contributed by atoms with Crippen LogP contribution in [-0.4, -0.2) is 42.2 Å². The van der Waals surface area contributed by atoms with Crippen LogP contribution in [0.4, 0.5) is 0 Å². The molecule has 2 aromatic heterocycles. The predicted octanol–water partition coefficient (Wildman–Crippen LogP) is 1.49. The summed E-state index contributed by atoms with van der Waals surface area (Å²) < 4.78 is 30.0. The number of sulfone groups is 1. The predicted molar refractivity (Wildman–Crippen MR) is 94.0 cm³/mol. The Labute approximate surface area is 146 Å². The third-order valence-corrected chi connectivity index (χ3v) is 4.90. The highest BCUT2D eigenvalue weighted by Gasteiger charge is 2.12. The lowest BCUT2D eigenvalue weighted by Crippen LogP contribution is -2.30. The maximum absolute atomic E-state index is 11.4. The molecule has 0 aliphatic rings. The Morgan fingerprint density at radius 1 is 1.36 bits per heavy atom. The second-order valence-electron chi connectivity index (χ2n) is 6.21. The Morgan fingerprint density at radius 3 is 2.88 bits per heavy atom. The van der Waals surface area contributed by atoms with E-state index in [9.17, 15) is 13.5 Å². The smallest absolute Gasteiger partial charge is 0.178 e. The molecule has 0 amide bonds. The van der Waals surface area contributed by atoms with Crippen LogP contribution in [0, 0.1) is 6.92 Å². The van der Waals surface area contributed by atoms with Crippen molar-refractivity contribution in [1.82, 2.24) is 15.1 Å². The molecule has 1 aromatic carbocycles. The van der Waals surface area contributed by atoms with Crippen LogP contribution in [0.15, 0.2) is 46.0 Å². The fraction of sp³-hybridized carbons (Fsp3) is 0.353. The van der Waals surface area contributed by atoms with Gasteiger partial charge in [-0.2, -0.15) is 5.10 Å². The maximum Gasteiger partial charge on any atom is 0.178 e. The van der Waals surface area contributed by atoms with Gasteiger partial charge >= 0.3 is 0 Å². The van der Waals surface area contributed by atoms with E-state index in [1.54, 1.807) is 0 Å². The summed E-state index contributed by atoms with van der Waals surface area (Å²) in [5.74, 6) is 0.797. The molecule has 0 fully saturated rings. The molecular formula is C17H21N3O4S. The molecule has 3 rings (SSSR count). The van der Waals surface area contributed by atoms with E-state index < -0.39 is 15.9 Å². The average molecular weight is 363 g/mol. The van der Waals surface area contributed by atoms with E-state index in [0.717, 1.165) is 23.0 Å². The molecule has 0 bridgehead atoms. The van der Waals surface area contributed by atoms with E-state index in [2.05, 4.69) is 16.5 Å². The largest absolute Gasteiger partial charge is 0.460 e. The van der Waals surface area contributed by atoms with E-state index in [0.29, 0.717) is 13.1 Å². The van der Waals surface area contributed by atoms with Crippen molar-refractivity contribution < 1.29 is 17.9 Å². The minimum Gasteiger partial charge on any atom is -0.460 e. The van der Waals surface area contributed by atoms with Gasteiger partial charge in [-0.1, -0.05) is 11.6 Å². The normalized spacial score (nSPS) is 13.4. The van der Waals surface area contributed by atoms with Gasteiger partial charge in [-0.05, 0) is 25.1 Å². The summed E-state index contributed by atoms with van der Waals surface area (Å²) in [6.07, 6.45) is 3.13. The fourth-order valence-electron chi connectivity index (χ4n) is 2.58. The molecule has 25 heavy (non-hydrogen) atoms. The van der Waals surface area contributed by atoms with Crippen molar-refractivity contribution in [3.05, 3.63) is 48.0 Å². The van der Waals surface area contributed by atoms with E-state index >= 15 is 0 Å². The number of hydrogen-bond acceptors (Lipinski definition) is 6. The summed E-state index contributed by atoms with van der Waals surface area (Å²) >= 11 is 0. The Bertz CT molecular complexity index is 975. The lowest BCUT2D eigenvalue weighted by atomic mass is 10.2. The van der Waals surface area contributed by atoms with Crippen LogP contribution in [0.3, 0.4) is 0 Å². The summed E-state index contributed by atoms with van der Waals surface area (Å²) in [6, 6.07) is 7.99. The molecule has 3 aromatic rings. The topological polar surface area (TPSA) is 97.4 Å². The fourth-order valence-corrected chi connectivity index (χ4v) is 3.14. The third-order valence-electron chi connectivity index (χ3n) is 3.84. The van der Waals surface area contributed by atoms with Crippen molar-refractivity contribution in [3.63, 3.8) is 0 Å². The summed E-state index contributed by atoms with van der Waals surface area (Å²) in [4.78, 5) is 0.144. The van der Waals surface area contributed by atoms with Crippen LogP contribution < -0.4 is 5.32 Å². The summed E-state index contributed by atoms with van der Waals surface area (Å²) in [5.41, 5.74) is 2.02. The second kappa shape index (κ2) is 6.99. The van der Waals surface area contributed by atoms with Gasteiger partial charge in [0, 0.05) is 24.4 Å². The molecule has 0 saturated heterocycles. The molecule has 7 nitrogen and oxygen atoms in total. The Hall–Kier alpha value is -2.16. The van der Waals surface area contributed by atoms with Gasteiger partial charge in [0.05, 0.1) is 25.4 Å². The van der Waals surface area contributed by atoms with Crippen LogP contribution >= 0.6 is 0 Å². The molecule has 2 heterocycles. The molecule has 134 valence electrons. The zero-order valence-electron chi connectivity index (χ0n) is 14.1. The summed E-state index contributed by atoms with van der Waals surface area (Å²) in [6.45, 7) is 3.08. The monoisotopic (exact) mass is 363 g/mol. The standard InChI is InChI=1S/C17H21N3O4S/c1-12-3-4-17-13(5-12)6-15(24-17)8-18-7-14(21)10-20-11-16(9-19-20)25(2,22)23/h3-6,9,11,14,18,21H,7-8,10H2,1-2H3. The quantitative estimate of drug-likeness (QED) is 0.660. The zero-order valence-corrected chi connectivity index (χ0v) is 15.0. The van der Waals surface area contributed by atoms with Crippen molar-refractivity contribution in [3.8, 4) is 0 Å². The maximum atomic E-state index is 11.4. The first-order valence-electron chi connectivity index (χ1n) is 7.91. The molecule has 1 atom stereocenters. The van der Waals surface area contributed by atoms with E-state index in [1.807, 2.05) is 25.1 Å². The van der Waals surface area contributed by atoms with Gasteiger partial charge in [0.1, 0.15) is 16.2 Å². The minimum atomic E-state index is -3.28. The van der Waals surface area contributed by atoms with Crippen LogP contribution in [-0.2, 0) is 22.9 Å². The summed E-state index contributed by atoms with van der Waals surface area (Å²) in [5, 5.41) is 18.2. The van der Waals surface area contributed by atoms with E-state index in [-0.39, 0.29) is 11.4 Å². The number of fused-ring (bicyclic) bond motifs is 1. The Morgan fingerprint density at radius 2 is 2.16 bits per heavy atom. The average Bonchev–Trinajstić information content (AvgIpc) is 3.12.